The van der Waals surface area contributed by atoms with Crippen molar-refractivity contribution < 1.29 is 14.7 Å². The standard InChI is InChI=1S/C12H19N5O3S/c1-21-12(3-2-4-12)8-14-11(20)13-5-6-17-7-9(10(18)19)15-16-17/h7H,2-6,8H2,1H3,(H,18,19)(H2,13,14,20). The lowest BCUT2D eigenvalue weighted by Gasteiger charge is -2.40. The van der Waals surface area contributed by atoms with E-state index in [0.29, 0.717) is 19.6 Å². The number of urea groups is 1. The van der Waals surface area contributed by atoms with Crippen LogP contribution in [0.5, 0.6) is 0 Å². The van der Waals surface area contributed by atoms with E-state index in [9.17, 15) is 9.59 Å². The number of carbonyl (C=O) groups excluding carboxylic acids is 1. The summed E-state index contributed by atoms with van der Waals surface area (Å²) >= 11 is 1.81. The normalized spacial score (nSPS) is 16.0. The van der Waals surface area contributed by atoms with Crippen LogP contribution in [0.2, 0.25) is 0 Å². The van der Waals surface area contributed by atoms with Crippen molar-refractivity contribution in [1.29, 1.82) is 0 Å². The van der Waals surface area contributed by atoms with E-state index < -0.39 is 5.97 Å². The van der Waals surface area contributed by atoms with Gasteiger partial charge in [0.05, 0.1) is 12.7 Å². The van der Waals surface area contributed by atoms with E-state index in [-0.39, 0.29) is 16.5 Å². The minimum absolute atomic E-state index is 0.105. The Morgan fingerprint density at radius 1 is 1.48 bits per heavy atom. The minimum Gasteiger partial charge on any atom is -0.476 e. The summed E-state index contributed by atoms with van der Waals surface area (Å²) in [5, 5.41) is 21.5. The molecule has 0 aliphatic heterocycles. The van der Waals surface area contributed by atoms with E-state index >= 15 is 0 Å². The second-order valence-electron chi connectivity index (χ2n) is 5.02. The van der Waals surface area contributed by atoms with E-state index in [0.717, 1.165) is 12.8 Å². The van der Waals surface area contributed by atoms with E-state index in [1.165, 1.54) is 17.3 Å². The largest absolute Gasteiger partial charge is 0.476 e. The third-order valence-corrected chi connectivity index (χ3v) is 5.07. The van der Waals surface area contributed by atoms with Gasteiger partial charge in [-0.15, -0.1) is 5.10 Å². The molecule has 2 amide bonds. The van der Waals surface area contributed by atoms with Gasteiger partial charge in [-0.2, -0.15) is 11.8 Å². The summed E-state index contributed by atoms with van der Waals surface area (Å²) in [4.78, 5) is 22.3. The second kappa shape index (κ2) is 6.79. The minimum atomic E-state index is -1.12. The number of carboxylic acid groups (broad SMARTS) is 1. The van der Waals surface area contributed by atoms with Crippen LogP contribution in [-0.2, 0) is 6.54 Å². The molecule has 0 spiro atoms. The van der Waals surface area contributed by atoms with Crippen molar-refractivity contribution in [2.24, 2.45) is 0 Å². The molecule has 8 nitrogen and oxygen atoms in total. The van der Waals surface area contributed by atoms with Gasteiger partial charge in [0.2, 0.25) is 0 Å². The van der Waals surface area contributed by atoms with Gasteiger partial charge in [-0.05, 0) is 19.1 Å². The number of nitrogens with one attached hydrogen (secondary N) is 2. The first-order chi connectivity index (χ1) is 10.0. The fourth-order valence-electron chi connectivity index (χ4n) is 2.12. The predicted octanol–water partition coefficient (Wildman–Crippen LogP) is 0.561. The molecule has 1 aromatic rings. The monoisotopic (exact) mass is 313 g/mol. The van der Waals surface area contributed by atoms with Crippen LogP contribution in [0.1, 0.15) is 29.8 Å². The zero-order valence-corrected chi connectivity index (χ0v) is 12.7. The Kier molecular flexibility index (Phi) is 5.05. The first-order valence-electron chi connectivity index (χ1n) is 6.75. The van der Waals surface area contributed by atoms with Crippen LogP contribution in [0, 0.1) is 0 Å². The lowest BCUT2D eigenvalue weighted by Crippen LogP contribution is -2.48. The average molecular weight is 313 g/mol. The van der Waals surface area contributed by atoms with Gasteiger partial charge < -0.3 is 15.7 Å². The molecule has 1 aliphatic carbocycles. The Bertz CT molecular complexity index is 509. The van der Waals surface area contributed by atoms with Gasteiger partial charge in [0.25, 0.3) is 0 Å². The summed E-state index contributed by atoms with van der Waals surface area (Å²) in [7, 11) is 0. The van der Waals surface area contributed by atoms with Gasteiger partial charge >= 0.3 is 12.0 Å². The molecule has 0 radical (unpaired) electrons. The number of amides is 2. The molecule has 1 aliphatic rings. The molecule has 1 saturated carbocycles. The van der Waals surface area contributed by atoms with Gasteiger partial charge in [-0.25, -0.2) is 14.3 Å². The first kappa shape index (κ1) is 15.6. The second-order valence-corrected chi connectivity index (χ2v) is 6.30. The summed E-state index contributed by atoms with van der Waals surface area (Å²) < 4.78 is 1.60. The Balaban J connectivity index is 1.65. The Hall–Kier alpha value is -1.77. The van der Waals surface area contributed by atoms with Crippen molar-refractivity contribution in [3.05, 3.63) is 11.9 Å². The Labute approximate surface area is 126 Å². The maximum Gasteiger partial charge on any atom is 0.358 e. The summed E-state index contributed by atoms with van der Waals surface area (Å²) in [6, 6.07) is -0.214. The van der Waals surface area contributed by atoms with E-state index in [1.54, 1.807) is 11.8 Å². The molecular formula is C12H19N5O3S. The van der Waals surface area contributed by atoms with Crippen molar-refractivity contribution in [3.63, 3.8) is 0 Å². The first-order valence-corrected chi connectivity index (χ1v) is 7.97. The quantitative estimate of drug-likeness (QED) is 0.678. The molecule has 3 N–H and O–H groups in total. The lowest BCUT2D eigenvalue weighted by molar-refractivity contribution is 0.0690. The molecule has 1 aromatic heterocycles. The third kappa shape index (κ3) is 4.10. The highest BCUT2D eigenvalue weighted by atomic mass is 32.2. The number of aromatic carboxylic acids is 1. The van der Waals surface area contributed by atoms with Crippen molar-refractivity contribution in [3.8, 4) is 0 Å². The average Bonchev–Trinajstić information content (AvgIpc) is 2.87. The van der Waals surface area contributed by atoms with Crippen LogP contribution in [0.4, 0.5) is 4.79 Å². The highest BCUT2D eigenvalue weighted by Gasteiger charge is 2.36. The molecule has 0 atom stereocenters. The van der Waals surface area contributed by atoms with Crippen LogP contribution in [-0.4, -0.2) is 56.2 Å². The van der Waals surface area contributed by atoms with Crippen molar-refractivity contribution in [2.75, 3.05) is 19.3 Å². The molecule has 0 unspecified atom stereocenters. The molecule has 1 fully saturated rings. The highest BCUT2D eigenvalue weighted by molar-refractivity contribution is 8.00. The van der Waals surface area contributed by atoms with Crippen LogP contribution < -0.4 is 10.6 Å². The Morgan fingerprint density at radius 2 is 2.24 bits per heavy atom. The zero-order chi connectivity index (χ0) is 15.3. The Morgan fingerprint density at radius 3 is 2.76 bits per heavy atom. The molecule has 2 rings (SSSR count). The highest BCUT2D eigenvalue weighted by Crippen LogP contribution is 2.42. The van der Waals surface area contributed by atoms with Gasteiger partial charge in [0.1, 0.15) is 0 Å². The fraction of sp³-hybridized carbons (Fsp3) is 0.667. The zero-order valence-electron chi connectivity index (χ0n) is 11.8. The van der Waals surface area contributed by atoms with Gasteiger partial charge in [0, 0.05) is 17.8 Å². The van der Waals surface area contributed by atoms with Crippen LogP contribution in [0.15, 0.2) is 6.20 Å². The molecule has 0 bridgehead atoms. The lowest BCUT2D eigenvalue weighted by atomic mass is 9.84. The van der Waals surface area contributed by atoms with Crippen molar-refractivity contribution in [2.45, 2.75) is 30.6 Å². The predicted molar refractivity (Wildman–Crippen MR) is 78.5 cm³/mol. The van der Waals surface area contributed by atoms with E-state index in [4.69, 9.17) is 5.11 Å². The van der Waals surface area contributed by atoms with Gasteiger partial charge in [0.15, 0.2) is 5.69 Å². The maximum absolute atomic E-state index is 11.7. The van der Waals surface area contributed by atoms with E-state index in [2.05, 4.69) is 27.2 Å². The fourth-order valence-corrected chi connectivity index (χ4v) is 3.03. The molecule has 116 valence electrons. The summed E-state index contributed by atoms with van der Waals surface area (Å²) in [5.74, 6) is -1.12. The smallest absolute Gasteiger partial charge is 0.358 e. The molecule has 0 aromatic carbocycles. The van der Waals surface area contributed by atoms with Crippen LogP contribution >= 0.6 is 11.8 Å². The van der Waals surface area contributed by atoms with Crippen LogP contribution in [0.3, 0.4) is 0 Å². The number of carbonyl (C=O) groups is 2. The van der Waals surface area contributed by atoms with Gasteiger partial charge in [-0.1, -0.05) is 11.6 Å². The SMILES string of the molecule is CSC1(CNC(=O)NCCn2cc(C(=O)O)nn2)CCC1. The molecule has 0 saturated heterocycles. The molecule has 1 heterocycles. The number of thioether (sulfide) groups is 1. The third-order valence-electron chi connectivity index (χ3n) is 3.65. The number of aromatic nitrogens is 3. The summed E-state index contributed by atoms with van der Waals surface area (Å²) in [6.45, 7) is 1.41. The van der Waals surface area contributed by atoms with E-state index in [1.807, 2.05) is 0 Å². The summed E-state index contributed by atoms with van der Waals surface area (Å²) in [5.41, 5.74) is -0.105. The van der Waals surface area contributed by atoms with Crippen molar-refractivity contribution in [1.82, 2.24) is 25.6 Å². The maximum atomic E-state index is 11.7. The molecular weight excluding hydrogens is 294 g/mol. The van der Waals surface area contributed by atoms with Crippen LogP contribution in [0.25, 0.3) is 0 Å². The number of carboxylic acids is 1. The topological polar surface area (TPSA) is 109 Å². The van der Waals surface area contributed by atoms with Crippen molar-refractivity contribution >= 4 is 23.8 Å². The molecule has 9 heteroatoms. The number of rotatable bonds is 7. The summed E-state index contributed by atoms with van der Waals surface area (Å²) in [6.07, 6.45) is 6.92. The number of nitrogens with zero attached hydrogens (tertiary/aromatic N) is 3. The number of hydrogen-bond acceptors (Lipinski definition) is 5. The van der Waals surface area contributed by atoms with Gasteiger partial charge in [-0.3, -0.25) is 0 Å². The number of hydrogen-bond donors (Lipinski definition) is 3. The molecule has 21 heavy (non-hydrogen) atoms.